The summed E-state index contributed by atoms with van der Waals surface area (Å²) in [5.74, 6) is 1.12. The molecule has 27 heavy (non-hydrogen) atoms. The number of nitrogens with one attached hydrogen (secondary N) is 1. The van der Waals surface area contributed by atoms with Gasteiger partial charge in [0.05, 0.1) is 5.69 Å². The molecule has 1 saturated heterocycles. The Morgan fingerprint density at radius 3 is 2.74 bits per heavy atom. The van der Waals surface area contributed by atoms with Gasteiger partial charge in [0.1, 0.15) is 0 Å². The number of amides is 1. The third-order valence-corrected chi connectivity index (χ3v) is 5.64. The average Bonchev–Trinajstić information content (AvgIpc) is 3.33. The summed E-state index contributed by atoms with van der Waals surface area (Å²) >= 11 is 0. The first kappa shape index (κ1) is 18.2. The Kier molecular flexibility index (Phi) is 5.30. The fourth-order valence-corrected chi connectivity index (χ4v) is 3.78. The Morgan fingerprint density at radius 2 is 2.04 bits per heavy atom. The van der Waals surface area contributed by atoms with Crippen molar-refractivity contribution in [3.05, 3.63) is 52.9 Å². The fourth-order valence-electron chi connectivity index (χ4n) is 3.78. The number of rotatable bonds is 6. The summed E-state index contributed by atoms with van der Waals surface area (Å²) in [7, 11) is 0. The van der Waals surface area contributed by atoms with E-state index in [2.05, 4.69) is 53.5 Å². The van der Waals surface area contributed by atoms with Crippen LogP contribution in [0.2, 0.25) is 0 Å². The van der Waals surface area contributed by atoms with Gasteiger partial charge < -0.3 is 9.84 Å². The van der Waals surface area contributed by atoms with E-state index in [4.69, 9.17) is 4.52 Å². The lowest BCUT2D eigenvalue weighted by molar-refractivity contribution is 0.0914. The second-order valence-corrected chi connectivity index (χ2v) is 8.33. The highest BCUT2D eigenvalue weighted by Gasteiger charge is 2.28. The van der Waals surface area contributed by atoms with Gasteiger partial charge in [0.25, 0.3) is 5.91 Å². The molecule has 5 heteroatoms. The standard InChI is InChI=1S/C22H29N3O2/c1-15(2)17-7-5-16(6-8-17)13-25-11-3-4-18(14-25)20-12-21(27-24-20)22(26)23-19-9-10-19/h5-8,12,15,18-19H,3-4,9-11,13-14H2,1-2H3,(H,23,26). The van der Waals surface area contributed by atoms with Gasteiger partial charge in [-0.05, 0) is 49.3 Å². The van der Waals surface area contributed by atoms with Crippen molar-refractivity contribution in [3.63, 3.8) is 0 Å². The summed E-state index contributed by atoms with van der Waals surface area (Å²) in [4.78, 5) is 14.6. The van der Waals surface area contributed by atoms with Crippen LogP contribution in [0.5, 0.6) is 0 Å². The highest BCUT2D eigenvalue weighted by atomic mass is 16.5. The highest BCUT2D eigenvalue weighted by Crippen LogP contribution is 2.28. The van der Waals surface area contributed by atoms with Crippen LogP contribution in [0.3, 0.4) is 0 Å². The normalized spacial score (nSPS) is 20.8. The first-order valence-corrected chi connectivity index (χ1v) is 10.2. The van der Waals surface area contributed by atoms with E-state index in [1.165, 1.54) is 11.1 Å². The van der Waals surface area contributed by atoms with Crippen LogP contribution in [0.15, 0.2) is 34.9 Å². The van der Waals surface area contributed by atoms with Crippen LogP contribution in [0.4, 0.5) is 0 Å². The van der Waals surface area contributed by atoms with E-state index in [0.29, 0.717) is 23.6 Å². The Balaban J connectivity index is 1.36. The Hall–Kier alpha value is -2.14. The molecule has 2 heterocycles. The number of benzene rings is 1. The molecule has 144 valence electrons. The predicted octanol–water partition coefficient (Wildman–Crippen LogP) is 4.07. The topological polar surface area (TPSA) is 58.4 Å². The smallest absolute Gasteiger partial charge is 0.290 e. The van der Waals surface area contributed by atoms with Crippen LogP contribution in [0.1, 0.15) is 78.7 Å². The number of carbonyl (C=O) groups is 1. The molecule has 0 spiro atoms. The minimum Gasteiger partial charge on any atom is -0.351 e. The number of aromatic nitrogens is 1. The van der Waals surface area contributed by atoms with Crippen molar-refractivity contribution in [2.45, 2.75) is 64.0 Å². The van der Waals surface area contributed by atoms with Gasteiger partial charge in [-0.15, -0.1) is 0 Å². The van der Waals surface area contributed by atoms with Gasteiger partial charge >= 0.3 is 0 Å². The van der Waals surface area contributed by atoms with E-state index in [0.717, 1.165) is 51.0 Å². The maximum absolute atomic E-state index is 12.1. The molecule has 4 rings (SSSR count). The molecule has 5 nitrogen and oxygen atoms in total. The largest absolute Gasteiger partial charge is 0.351 e. The van der Waals surface area contributed by atoms with Crippen molar-refractivity contribution in [3.8, 4) is 0 Å². The summed E-state index contributed by atoms with van der Waals surface area (Å²) in [6.07, 6.45) is 4.38. The number of nitrogens with zero attached hydrogens (tertiary/aromatic N) is 2. The van der Waals surface area contributed by atoms with Crippen molar-refractivity contribution in [1.29, 1.82) is 0 Å². The molecular formula is C22H29N3O2. The molecule has 1 atom stereocenters. The van der Waals surface area contributed by atoms with Gasteiger partial charge in [0.2, 0.25) is 5.76 Å². The summed E-state index contributed by atoms with van der Waals surface area (Å²) < 4.78 is 5.32. The quantitative estimate of drug-likeness (QED) is 0.836. The highest BCUT2D eigenvalue weighted by molar-refractivity contribution is 5.91. The molecule has 1 aromatic carbocycles. The molecule has 0 bridgehead atoms. The molecule has 0 radical (unpaired) electrons. The van der Waals surface area contributed by atoms with Crippen molar-refractivity contribution in [1.82, 2.24) is 15.4 Å². The molecule has 1 unspecified atom stereocenters. The zero-order valence-electron chi connectivity index (χ0n) is 16.3. The number of hydrogen-bond acceptors (Lipinski definition) is 4. The number of piperidine rings is 1. The summed E-state index contributed by atoms with van der Waals surface area (Å²) in [6, 6.07) is 11.1. The van der Waals surface area contributed by atoms with Crippen molar-refractivity contribution in [2.24, 2.45) is 0 Å². The molecule has 1 aliphatic heterocycles. The summed E-state index contributed by atoms with van der Waals surface area (Å²) in [6.45, 7) is 7.47. The molecule has 1 aromatic heterocycles. The molecule has 1 saturated carbocycles. The van der Waals surface area contributed by atoms with Gasteiger partial charge in [-0.1, -0.05) is 43.3 Å². The van der Waals surface area contributed by atoms with Gasteiger partial charge in [-0.25, -0.2) is 0 Å². The lowest BCUT2D eigenvalue weighted by atomic mass is 9.94. The van der Waals surface area contributed by atoms with Crippen LogP contribution < -0.4 is 5.32 Å². The summed E-state index contributed by atoms with van der Waals surface area (Å²) in [5.41, 5.74) is 3.65. The minimum absolute atomic E-state index is 0.130. The third kappa shape index (κ3) is 4.59. The lowest BCUT2D eigenvalue weighted by Gasteiger charge is -2.31. The van der Waals surface area contributed by atoms with E-state index >= 15 is 0 Å². The maximum atomic E-state index is 12.1. The number of likely N-dealkylation sites (tertiary alicyclic amines) is 1. The van der Waals surface area contributed by atoms with Crippen LogP contribution in [-0.4, -0.2) is 35.1 Å². The lowest BCUT2D eigenvalue weighted by Crippen LogP contribution is -2.34. The van der Waals surface area contributed by atoms with Gasteiger partial charge in [-0.3, -0.25) is 9.69 Å². The Bertz CT molecular complexity index is 777. The van der Waals surface area contributed by atoms with E-state index in [9.17, 15) is 4.79 Å². The zero-order chi connectivity index (χ0) is 18.8. The van der Waals surface area contributed by atoms with Crippen LogP contribution in [-0.2, 0) is 6.54 Å². The van der Waals surface area contributed by atoms with Crippen molar-refractivity contribution < 1.29 is 9.32 Å². The molecule has 1 aliphatic carbocycles. The molecule has 2 aliphatic rings. The summed E-state index contributed by atoms with van der Waals surface area (Å²) in [5, 5.41) is 7.16. The van der Waals surface area contributed by atoms with Gasteiger partial charge in [-0.2, -0.15) is 0 Å². The first-order valence-electron chi connectivity index (χ1n) is 10.2. The van der Waals surface area contributed by atoms with Gasteiger partial charge in [0.15, 0.2) is 0 Å². The maximum Gasteiger partial charge on any atom is 0.290 e. The van der Waals surface area contributed by atoms with Crippen LogP contribution in [0.25, 0.3) is 0 Å². The molecule has 1 amide bonds. The molecule has 2 fully saturated rings. The molecular weight excluding hydrogens is 338 g/mol. The van der Waals surface area contributed by atoms with E-state index in [-0.39, 0.29) is 5.91 Å². The van der Waals surface area contributed by atoms with Crippen molar-refractivity contribution in [2.75, 3.05) is 13.1 Å². The van der Waals surface area contributed by atoms with Crippen molar-refractivity contribution >= 4 is 5.91 Å². The van der Waals surface area contributed by atoms with E-state index < -0.39 is 0 Å². The first-order chi connectivity index (χ1) is 13.1. The second-order valence-electron chi connectivity index (χ2n) is 8.33. The zero-order valence-corrected chi connectivity index (χ0v) is 16.3. The third-order valence-electron chi connectivity index (χ3n) is 5.64. The Labute approximate surface area is 161 Å². The average molecular weight is 367 g/mol. The molecule has 2 aromatic rings. The number of hydrogen-bond donors (Lipinski definition) is 1. The monoisotopic (exact) mass is 367 g/mol. The Morgan fingerprint density at radius 1 is 1.26 bits per heavy atom. The minimum atomic E-state index is -0.130. The number of carbonyl (C=O) groups excluding carboxylic acids is 1. The fraction of sp³-hybridized carbons (Fsp3) is 0.545. The predicted molar refractivity (Wildman–Crippen MR) is 105 cm³/mol. The SMILES string of the molecule is CC(C)c1ccc(CN2CCCC(c3cc(C(=O)NC4CC4)on3)C2)cc1. The van der Waals surface area contributed by atoms with Gasteiger partial charge in [0, 0.05) is 31.1 Å². The van der Waals surface area contributed by atoms with E-state index in [1.54, 1.807) is 0 Å². The second kappa shape index (κ2) is 7.85. The van der Waals surface area contributed by atoms with Crippen LogP contribution >= 0.6 is 0 Å². The van der Waals surface area contributed by atoms with E-state index in [1.807, 2.05) is 6.07 Å². The van der Waals surface area contributed by atoms with Crippen LogP contribution in [0, 0.1) is 0 Å². The molecule has 1 N–H and O–H groups in total.